The summed E-state index contributed by atoms with van der Waals surface area (Å²) in [6.45, 7) is 0. The molecule has 1 heterocycles. The molecule has 4 nitrogen and oxygen atoms in total. The van der Waals surface area contributed by atoms with Gasteiger partial charge in [-0.3, -0.25) is 0 Å². The van der Waals surface area contributed by atoms with E-state index >= 15 is 0 Å². The van der Waals surface area contributed by atoms with Crippen molar-refractivity contribution in [3.8, 4) is 28.6 Å². The average molecular weight is 307 g/mol. The molecule has 0 spiro atoms. The van der Waals surface area contributed by atoms with Gasteiger partial charge in [-0.1, -0.05) is 40.5 Å². The number of nitrogens with zero attached hydrogens (tertiary/aromatic N) is 2. The van der Waals surface area contributed by atoms with Crippen molar-refractivity contribution in [1.82, 2.24) is 10.1 Å². The largest absolute Gasteiger partial charge is 0.507 e. The van der Waals surface area contributed by atoms with Crippen LogP contribution in [-0.4, -0.2) is 15.2 Å². The highest BCUT2D eigenvalue weighted by atomic mass is 35.5. The number of rotatable bonds is 2. The summed E-state index contributed by atoms with van der Waals surface area (Å²) in [5.74, 6) is 0.602. The van der Waals surface area contributed by atoms with Crippen LogP contribution in [0.5, 0.6) is 5.75 Å². The Morgan fingerprint density at radius 2 is 1.80 bits per heavy atom. The molecule has 3 aromatic rings. The summed E-state index contributed by atoms with van der Waals surface area (Å²) >= 11 is 11.7. The average Bonchev–Trinajstić information content (AvgIpc) is 2.88. The molecule has 2 aromatic carbocycles. The lowest BCUT2D eigenvalue weighted by Gasteiger charge is -1.98. The summed E-state index contributed by atoms with van der Waals surface area (Å²) in [7, 11) is 0. The van der Waals surface area contributed by atoms with E-state index in [1.807, 2.05) is 6.07 Å². The van der Waals surface area contributed by atoms with Crippen molar-refractivity contribution in [2.75, 3.05) is 0 Å². The zero-order chi connectivity index (χ0) is 14.1. The monoisotopic (exact) mass is 306 g/mol. The van der Waals surface area contributed by atoms with Gasteiger partial charge >= 0.3 is 0 Å². The topological polar surface area (TPSA) is 59.2 Å². The first kappa shape index (κ1) is 13.0. The van der Waals surface area contributed by atoms with Crippen LogP contribution in [0.1, 0.15) is 0 Å². The van der Waals surface area contributed by atoms with Gasteiger partial charge in [0, 0.05) is 15.6 Å². The molecule has 0 aliphatic carbocycles. The van der Waals surface area contributed by atoms with Gasteiger partial charge in [0.15, 0.2) is 0 Å². The molecule has 1 aromatic heterocycles. The van der Waals surface area contributed by atoms with Gasteiger partial charge in [-0.05, 0) is 30.3 Å². The first-order chi connectivity index (χ1) is 9.63. The Balaban J connectivity index is 2.02. The number of phenolic OH excluding ortho intramolecular Hbond substituents is 1. The van der Waals surface area contributed by atoms with Crippen molar-refractivity contribution < 1.29 is 9.63 Å². The number of hydrogen-bond donors (Lipinski definition) is 1. The molecule has 1 N–H and O–H groups in total. The van der Waals surface area contributed by atoms with Gasteiger partial charge in [0.05, 0.1) is 5.56 Å². The van der Waals surface area contributed by atoms with Crippen molar-refractivity contribution >= 4 is 23.2 Å². The standard InChI is InChI=1S/C14H8Cl2N2O2/c15-9-3-1-2-8(6-9)13-17-14(20-18-13)11-5-4-10(16)7-12(11)19/h1-7,19H. The number of aromatic nitrogens is 2. The van der Waals surface area contributed by atoms with Crippen LogP contribution in [0.15, 0.2) is 47.0 Å². The van der Waals surface area contributed by atoms with Gasteiger partial charge in [0.1, 0.15) is 5.75 Å². The maximum Gasteiger partial charge on any atom is 0.261 e. The Morgan fingerprint density at radius 3 is 2.55 bits per heavy atom. The lowest BCUT2D eigenvalue weighted by molar-refractivity contribution is 0.426. The molecule has 0 radical (unpaired) electrons. The third-order valence-corrected chi connectivity index (χ3v) is 3.17. The van der Waals surface area contributed by atoms with Crippen LogP contribution in [0.25, 0.3) is 22.8 Å². The summed E-state index contributed by atoms with van der Waals surface area (Å²) in [5, 5.41) is 14.7. The Morgan fingerprint density at radius 1 is 1.00 bits per heavy atom. The molecule has 100 valence electrons. The summed E-state index contributed by atoms with van der Waals surface area (Å²) in [6.07, 6.45) is 0. The molecule has 0 aliphatic heterocycles. The minimum Gasteiger partial charge on any atom is -0.507 e. The fraction of sp³-hybridized carbons (Fsp3) is 0. The third-order valence-electron chi connectivity index (χ3n) is 2.70. The van der Waals surface area contributed by atoms with Crippen LogP contribution < -0.4 is 0 Å². The van der Waals surface area contributed by atoms with Gasteiger partial charge in [-0.25, -0.2) is 0 Å². The molecule has 0 saturated carbocycles. The van der Waals surface area contributed by atoms with E-state index in [4.69, 9.17) is 27.7 Å². The lowest BCUT2D eigenvalue weighted by Crippen LogP contribution is -1.82. The highest BCUT2D eigenvalue weighted by molar-refractivity contribution is 6.31. The van der Waals surface area contributed by atoms with Crippen molar-refractivity contribution in [3.63, 3.8) is 0 Å². The molecule has 0 amide bonds. The van der Waals surface area contributed by atoms with Crippen LogP contribution in [-0.2, 0) is 0 Å². The van der Waals surface area contributed by atoms with Gasteiger partial charge in [-0.15, -0.1) is 0 Å². The molecule has 6 heteroatoms. The van der Waals surface area contributed by atoms with E-state index in [1.165, 1.54) is 6.07 Å². The van der Waals surface area contributed by atoms with E-state index in [0.29, 0.717) is 21.4 Å². The second-order valence-electron chi connectivity index (χ2n) is 4.09. The van der Waals surface area contributed by atoms with Crippen LogP contribution in [0.4, 0.5) is 0 Å². The summed E-state index contributed by atoms with van der Waals surface area (Å²) in [4.78, 5) is 4.24. The van der Waals surface area contributed by atoms with Crippen LogP contribution in [0.2, 0.25) is 10.0 Å². The molecular formula is C14H8Cl2N2O2. The summed E-state index contributed by atoms with van der Waals surface area (Å²) in [5.41, 5.74) is 1.16. The lowest BCUT2D eigenvalue weighted by atomic mass is 10.2. The first-order valence-electron chi connectivity index (χ1n) is 5.72. The molecule has 0 atom stereocenters. The second kappa shape index (κ2) is 5.15. The van der Waals surface area contributed by atoms with Gasteiger partial charge in [-0.2, -0.15) is 4.98 Å². The van der Waals surface area contributed by atoms with Crippen molar-refractivity contribution in [1.29, 1.82) is 0 Å². The van der Waals surface area contributed by atoms with E-state index < -0.39 is 0 Å². The number of hydrogen-bond acceptors (Lipinski definition) is 4. The van der Waals surface area contributed by atoms with Crippen molar-refractivity contribution in [2.45, 2.75) is 0 Å². The predicted molar refractivity (Wildman–Crippen MR) is 76.9 cm³/mol. The number of benzene rings is 2. The maximum absolute atomic E-state index is 9.84. The number of aromatic hydroxyl groups is 1. The Labute approximate surface area is 124 Å². The minimum absolute atomic E-state index is 0.0150. The zero-order valence-corrected chi connectivity index (χ0v) is 11.6. The SMILES string of the molecule is Oc1cc(Cl)ccc1-c1nc(-c2cccc(Cl)c2)no1. The Hall–Kier alpha value is -2.04. The van der Waals surface area contributed by atoms with Crippen LogP contribution >= 0.6 is 23.2 Å². The van der Waals surface area contributed by atoms with Gasteiger partial charge in [0.2, 0.25) is 5.82 Å². The molecule has 0 aliphatic rings. The van der Waals surface area contributed by atoms with Crippen molar-refractivity contribution in [3.05, 3.63) is 52.5 Å². The van der Waals surface area contributed by atoms with Gasteiger partial charge in [0.25, 0.3) is 5.89 Å². The normalized spacial score (nSPS) is 10.7. The van der Waals surface area contributed by atoms with E-state index in [-0.39, 0.29) is 11.6 Å². The molecular weight excluding hydrogens is 299 g/mol. The van der Waals surface area contributed by atoms with E-state index in [9.17, 15) is 5.11 Å². The molecule has 0 saturated heterocycles. The minimum atomic E-state index is -0.0150. The molecule has 20 heavy (non-hydrogen) atoms. The number of phenols is 1. The predicted octanol–water partition coefficient (Wildman–Crippen LogP) is 4.42. The summed E-state index contributed by atoms with van der Waals surface area (Å²) < 4.78 is 5.16. The quantitative estimate of drug-likeness (QED) is 0.761. The maximum atomic E-state index is 9.84. The molecule has 0 fully saturated rings. The summed E-state index contributed by atoms with van der Waals surface area (Å²) in [6, 6.07) is 11.8. The van der Waals surface area contributed by atoms with E-state index in [2.05, 4.69) is 10.1 Å². The second-order valence-corrected chi connectivity index (χ2v) is 4.97. The number of halogens is 2. The zero-order valence-electron chi connectivity index (χ0n) is 10.0. The molecule has 0 bridgehead atoms. The van der Waals surface area contributed by atoms with E-state index in [1.54, 1.807) is 30.3 Å². The fourth-order valence-electron chi connectivity index (χ4n) is 1.76. The first-order valence-corrected chi connectivity index (χ1v) is 6.47. The molecule has 0 unspecified atom stereocenters. The van der Waals surface area contributed by atoms with Crippen LogP contribution in [0, 0.1) is 0 Å². The molecule has 3 rings (SSSR count). The Kier molecular flexibility index (Phi) is 3.34. The highest BCUT2D eigenvalue weighted by Crippen LogP contribution is 2.31. The smallest absolute Gasteiger partial charge is 0.261 e. The van der Waals surface area contributed by atoms with Crippen LogP contribution in [0.3, 0.4) is 0 Å². The third kappa shape index (κ3) is 2.48. The van der Waals surface area contributed by atoms with E-state index in [0.717, 1.165) is 5.56 Å². The van der Waals surface area contributed by atoms with Gasteiger partial charge < -0.3 is 9.63 Å². The fourth-order valence-corrected chi connectivity index (χ4v) is 2.12. The highest BCUT2D eigenvalue weighted by Gasteiger charge is 2.14. The van der Waals surface area contributed by atoms with Crippen molar-refractivity contribution in [2.24, 2.45) is 0 Å². The Bertz CT molecular complexity index is 771.